The monoisotopic (exact) mass is 669 g/mol. The molecule has 2 aromatic carbocycles. The maximum absolute atomic E-state index is 13.2. The molecule has 0 saturated carbocycles. The molecule has 0 atom stereocenters. The summed E-state index contributed by atoms with van der Waals surface area (Å²) >= 11 is 5.44. The van der Waals surface area contributed by atoms with Gasteiger partial charge in [-0.05, 0) is 56.5 Å². The Balaban J connectivity index is 0.00000198. The number of benzene rings is 2. The van der Waals surface area contributed by atoms with Crippen LogP contribution in [0, 0.1) is 0 Å². The lowest BCUT2D eigenvalue weighted by atomic mass is 9.96. The zero-order valence-electron chi connectivity index (χ0n) is 26.8. The first-order chi connectivity index (χ1) is 21.6. The van der Waals surface area contributed by atoms with E-state index in [0.29, 0.717) is 23.3 Å². The smallest absolute Gasteiger partial charge is 0.397 e. The number of nitrogens with zero attached hydrogens (tertiary/aromatic N) is 1. The standard InChI is InChI=1S/C26H24ClF6N3O.C7H12.C2H6/c1-16(8-4-3-7-11-27)24(37)22-10-6-5-9-21(22)23(34)17(2)36(35)15-18-12-19(25(28,29)30)14-20(13-18)26(31,32)33;1-3-5-7-6-4-2;1-2/h3-14H,15,34-35H2,1-2H3;3,5-7H,4H2,1-2H3;1-2H3/b4-3-,11-7+,16-8+,23-17-;5-3-,7-6-;. The van der Waals surface area contributed by atoms with E-state index >= 15 is 0 Å². The fraction of sp³-hybridized carbons (Fsp3) is 0.286. The lowest BCUT2D eigenvalue weighted by molar-refractivity contribution is -0.143. The molecule has 0 aliphatic heterocycles. The number of Topliss-reactive ketones (excluding diaryl/α,β-unsaturated/α-hetero) is 1. The molecule has 0 bridgehead atoms. The number of hydrogen-bond acceptors (Lipinski definition) is 4. The van der Waals surface area contributed by atoms with Crippen molar-refractivity contribution in [2.24, 2.45) is 11.6 Å². The third kappa shape index (κ3) is 14.4. The summed E-state index contributed by atoms with van der Waals surface area (Å²) < 4.78 is 79.1. The number of hydrazine groups is 1. The van der Waals surface area contributed by atoms with Gasteiger partial charge in [0.05, 0.1) is 23.4 Å². The topological polar surface area (TPSA) is 72.4 Å². The molecule has 0 spiro atoms. The van der Waals surface area contributed by atoms with Gasteiger partial charge in [-0.1, -0.05) is 105 Å². The summed E-state index contributed by atoms with van der Waals surface area (Å²) in [6.07, 6.45) is 5.76. The number of carbonyl (C=O) groups excluding carboxylic acids is 1. The van der Waals surface area contributed by atoms with E-state index in [1.54, 1.807) is 55.5 Å². The Kier molecular flexibility index (Phi) is 19.1. The third-order valence-corrected chi connectivity index (χ3v) is 6.10. The van der Waals surface area contributed by atoms with E-state index in [1.807, 2.05) is 32.9 Å². The fourth-order valence-corrected chi connectivity index (χ4v) is 3.70. The Morgan fingerprint density at radius 2 is 1.41 bits per heavy atom. The molecular formula is C35H42ClF6N3O. The highest BCUT2D eigenvalue weighted by molar-refractivity contribution is 6.25. The number of halogens is 7. The molecule has 46 heavy (non-hydrogen) atoms. The maximum Gasteiger partial charge on any atom is 0.416 e. The predicted octanol–water partition coefficient (Wildman–Crippen LogP) is 10.7. The van der Waals surface area contributed by atoms with Crippen LogP contribution in [0.1, 0.15) is 80.6 Å². The van der Waals surface area contributed by atoms with E-state index < -0.39 is 30.0 Å². The van der Waals surface area contributed by atoms with E-state index in [2.05, 4.69) is 19.1 Å². The highest BCUT2D eigenvalue weighted by Crippen LogP contribution is 2.36. The van der Waals surface area contributed by atoms with E-state index in [0.717, 1.165) is 11.4 Å². The Hall–Kier alpha value is -4.02. The molecule has 0 aliphatic rings. The number of carbonyl (C=O) groups is 1. The molecule has 0 saturated heterocycles. The molecule has 252 valence electrons. The van der Waals surface area contributed by atoms with Crippen LogP contribution in [-0.2, 0) is 18.9 Å². The number of nitrogens with two attached hydrogens (primary N) is 2. The van der Waals surface area contributed by atoms with Gasteiger partial charge in [-0.2, -0.15) is 26.3 Å². The molecular weight excluding hydrogens is 628 g/mol. The Morgan fingerprint density at radius 1 is 0.870 bits per heavy atom. The van der Waals surface area contributed by atoms with Crippen molar-refractivity contribution in [1.29, 1.82) is 0 Å². The van der Waals surface area contributed by atoms with Crippen LogP contribution in [0.15, 0.2) is 108 Å². The van der Waals surface area contributed by atoms with Crippen molar-refractivity contribution in [3.05, 3.63) is 136 Å². The number of allylic oxidation sites excluding steroid dienone is 10. The van der Waals surface area contributed by atoms with Crippen molar-refractivity contribution in [3.63, 3.8) is 0 Å². The van der Waals surface area contributed by atoms with Crippen LogP contribution < -0.4 is 11.6 Å². The molecule has 0 aromatic heterocycles. The second-order valence-electron chi connectivity index (χ2n) is 9.33. The van der Waals surface area contributed by atoms with E-state index in [4.69, 9.17) is 23.2 Å². The van der Waals surface area contributed by atoms with Crippen LogP contribution in [-0.4, -0.2) is 10.8 Å². The number of rotatable bonds is 10. The first-order valence-corrected chi connectivity index (χ1v) is 14.8. The highest BCUT2D eigenvalue weighted by Gasteiger charge is 2.37. The number of ketones is 1. The molecule has 11 heteroatoms. The summed E-state index contributed by atoms with van der Waals surface area (Å²) in [5.74, 6) is 5.65. The van der Waals surface area contributed by atoms with E-state index in [1.165, 1.54) is 12.5 Å². The summed E-state index contributed by atoms with van der Waals surface area (Å²) in [6.45, 7) is 10.7. The fourth-order valence-electron chi connectivity index (χ4n) is 3.61. The van der Waals surface area contributed by atoms with Crippen molar-refractivity contribution in [3.8, 4) is 0 Å². The van der Waals surface area contributed by atoms with Gasteiger partial charge in [0, 0.05) is 22.4 Å². The summed E-state index contributed by atoms with van der Waals surface area (Å²) in [6, 6.07) is 7.58. The van der Waals surface area contributed by atoms with Crippen LogP contribution in [0.2, 0.25) is 0 Å². The molecule has 0 heterocycles. The zero-order valence-corrected chi connectivity index (χ0v) is 27.6. The van der Waals surface area contributed by atoms with Crippen molar-refractivity contribution in [2.45, 2.75) is 66.9 Å². The average Bonchev–Trinajstić information content (AvgIpc) is 3.02. The summed E-state index contributed by atoms with van der Waals surface area (Å²) in [7, 11) is 0. The van der Waals surface area contributed by atoms with Gasteiger partial charge in [-0.25, -0.2) is 5.84 Å². The first-order valence-electron chi connectivity index (χ1n) is 14.4. The minimum absolute atomic E-state index is 0.0305. The lowest BCUT2D eigenvalue weighted by Crippen LogP contribution is -2.31. The zero-order chi connectivity index (χ0) is 35.5. The molecule has 0 amide bonds. The van der Waals surface area contributed by atoms with Gasteiger partial charge < -0.3 is 10.7 Å². The van der Waals surface area contributed by atoms with Crippen molar-refractivity contribution >= 4 is 23.1 Å². The van der Waals surface area contributed by atoms with Crippen LogP contribution in [0.4, 0.5) is 26.3 Å². The molecule has 4 N–H and O–H groups in total. The third-order valence-electron chi connectivity index (χ3n) is 5.96. The van der Waals surface area contributed by atoms with Gasteiger partial charge in [0.1, 0.15) is 0 Å². The predicted molar refractivity (Wildman–Crippen MR) is 177 cm³/mol. The molecule has 4 nitrogen and oxygen atoms in total. The minimum Gasteiger partial charge on any atom is -0.397 e. The normalized spacial score (nSPS) is 13.0. The number of hydrogen-bond donors (Lipinski definition) is 2. The molecule has 0 radical (unpaired) electrons. The summed E-state index contributed by atoms with van der Waals surface area (Å²) in [4.78, 5) is 13.0. The second-order valence-corrected chi connectivity index (χ2v) is 9.58. The first kappa shape index (κ1) is 42.0. The Labute approximate surface area is 273 Å². The SMILES string of the molecule is C/C(=C(/N)c1ccccc1C(=O)/C(C)=C/C=C\C=C\Cl)N(N)Cc1cc(C(F)(F)F)cc(C(F)(F)F)c1.C/C=C\C=C/CC.CC. The van der Waals surface area contributed by atoms with Gasteiger partial charge >= 0.3 is 12.4 Å². The van der Waals surface area contributed by atoms with Crippen LogP contribution in [0.25, 0.3) is 5.70 Å². The Bertz CT molecular complexity index is 1400. The molecule has 0 fully saturated rings. The molecule has 0 aliphatic carbocycles. The van der Waals surface area contributed by atoms with Gasteiger partial charge in [0.15, 0.2) is 5.78 Å². The van der Waals surface area contributed by atoms with Gasteiger partial charge in [-0.3, -0.25) is 4.79 Å². The van der Waals surface area contributed by atoms with Crippen molar-refractivity contribution < 1.29 is 31.1 Å². The highest BCUT2D eigenvalue weighted by atomic mass is 35.5. The van der Waals surface area contributed by atoms with Crippen LogP contribution >= 0.6 is 11.6 Å². The average molecular weight is 670 g/mol. The largest absolute Gasteiger partial charge is 0.416 e. The van der Waals surface area contributed by atoms with Crippen LogP contribution in [0.3, 0.4) is 0 Å². The van der Waals surface area contributed by atoms with Gasteiger partial charge in [0.25, 0.3) is 0 Å². The molecule has 2 rings (SSSR count). The quantitative estimate of drug-likeness (QED) is 0.0659. The summed E-state index contributed by atoms with van der Waals surface area (Å²) in [5.41, 5.74) is 5.43. The minimum atomic E-state index is -4.99. The van der Waals surface area contributed by atoms with Crippen molar-refractivity contribution in [2.75, 3.05) is 0 Å². The molecule has 2 aromatic rings. The Morgan fingerprint density at radius 3 is 1.89 bits per heavy atom. The maximum atomic E-state index is 13.2. The summed E-state index contributed by atoms with van der Waals surface area (Å²) in [5, 5.41) is 0.927. The second kappa shape index (κ2) is 20.9. The van der Waals surface area contributed by atoms with Crippen LogP contribution in [0.5, 0.6) is 0 Å². The molecule has 0 unspecified atom stereocenters. The lowest BCUT2D eigenvalue weighted by Gasteiger charge is -2.23. The van der Waals surface area contributed by atoms with Gasteiger partial charge in [-0.15, -0.1) is 0 Å². The van der Waals surface area contributed by atoms with E-state index in [9.17, 15) is 31.1 Å². The van der Waals surface area contributed by atoms with Gasteiger partial charge in [0.2, 0.25) is 0 Å². The van der Waals surface area contributed by atoms with Crippen molar-refractivity contribution in [1.82, 2.24) is 5.01 Å². The number of alkyl halides is 6. The van der Waals surface area contributed by atoms with E-state index in [-0.39, 0.29) is 34.4 Å².